The predicted molar refractivity (Wildman–Crippen MR) is 45.0 cm³/mol. The fourth-order valence-electron chi connectivity index (χ4n) is 1.20. The Labute approximate surface area is 75.5 Å². The monoisotopic (exact) mass is 182 g/mol. The number of hydrogen-bond donors (Lipinski definition) is 1. The molecule has 1 aliphatic heterocycles. The third kappa shape index (κ3) is 1.96. The molecule has 0 radical (unpaired) electrons. The molecule has 0 aromatic heterocycles. The highest BCUT2D eigenvalue weighted by Crippen LogP contribution is 2.27. The van der Waals surface area contributed by atoms with E-state index in [-0.39, 0.29) is 12.0 Å². The third-order valence-corrected chi connectivity index (χ3v) is 1.91. The van der Waals surface area contributed by atoms with Gasteiger partial charge in [0, 0.05) is 17.6 Å². The Morgan fingerprint density at radius 1 is 1.69 bits per heavy atom. The Balaban J connectivity index is 2.75. The Morgan fingerprint density at radius 3 is 2.69 bits per heavy atom. The van der Waals surface area contributed by atoms with Crippen LogP contribution in [0.25, 0.3) is 0 Å². The lowest BCUT2D eigenvalue weighted by atomic mass is 9.98. The lowest BCUT2D eigenvalue weighted by molar-refractivity contribution is -0.138. The van der Waals surface area contributed by atoms with E-state index in [4.69, 9.17) is 9.84 Å². The summed E-state index contributed by atoms with van der Waals surface area (Å²) in [5, 5.41) is 8.37. The summed E-state index contributed by atoms with van der Waals surface area (Å²) in [6.07, 6.45) is 2.09. The van der Waals surface area contributed by atoms with Crippen molar-refractivity contribution in [3.05, 3.63) is 24.3 Å². The normalized spacial score (nSPS) is 28.1. The first-order valence-corrected chi connectivity index (χ1v) is 3.83. The van der Waals surface area contributed by atoms with Gasteiger partial charge in [-0.3, -0.25) is 0 Å². The zero-order chi connectivity index (χ0) is 10.0. The molecule has 4 heteroatoms. The first-order chi connectivity index (χ1) is 6.02. The molecule has 1 fully saturated rings. The van der Waals surface area contributed by atoms with Crippen molar-refractivity contribution >= 4 is 11.9 Å². The number of cyclic esters (lactones) is 1. The molecule has 0 aromatic carbocycles. The summed E-state index contributed by atoms with van der Waals surface area (Å²) in [6.45, 7) is 5.23. The van der Waals surface area contributed by atoms with Crippen molar-refractivity contribution in [2.75, 3.05) is 0 Å². The summed E-state index contributed by atoms with van der Waals surface area (Å²) in [5.74, 6) is -1.81. The summed E-state index contributed by atoms with van der Waals surface area (Å²) >= 11 is 0. The van der Waals surface area contributed by atoms with E-state index < -0.39 is 11.9 Å². The van der Waals surface area contributed by atoms with E-state index in [2.05, 4.69) is 6.58 Å². The number of carboxylic acid groups (broad SMARTS) is 1. The molecule has 0 bridgehead atoms. The molecule has 2 atom stereocenters. The topological polar surface area (TPSA) is 63.6 Å². The van der Waals surface area contributed by atoms with Crippen molar-refractivity contribution in [1.29, 1.82) is 0 Å². The minimum absolute atomic E-state index is 0.310. The van der Waals surface area contributed by atoms with Crippen molar-refractivity contribution in [3.63, 3.8) is 0 Å². The van der Waals surface area contributed by atoms with Crippen LogP contribution in [0.15, 0.2) is 24.3 Å². The maximum atomic E-state index is 10.9. The van der Waals surface area contributed by atoms with E-state index in [0.717, 1.165) is 6.08 Å². The largest absolute Gasteiger partial charge is 0.478 e. The van der Waals surface area contributed by atoms with Crippen LogP contribution in [0.4, 0.5) is 0 Å². The van der Waals surface area contributed by atoms with Crippen molar-refractivity contribution in [2.24, 2.45) is 5.92 Å². The maximum absolute atomic E-state index is 10.9. The van der Waals surface area contributed by atoms with E-state index >= 15 is 0 Å². The van der Waals surface area contributed by atoms with Crippen LogP contribution in [0.5, 0.6) is 0 Å². The second kappa shape index (κ2) is 3.43. The van der Waals surface area contributed by atoms with Crippen LogP contribution in [-0.4, -0.2) is 23.1 Å². The van der Waals surface area contributed by atoms with E-state index in [0.29, 0.717) is 5.57 Å². The molecule has 1 rings (SSSR count). The molecule has 1 N–H and O–H groups in total. The van der Waals surface area contributed by atoms with Gasteiger partial charge in [-0.2, -0.15) is 0 Å². The molecule has 0 saturated carbocycles. The summed E-state index contributed by atoms with van der Waals surface area (Å²) in [6, 6.07) is 0. The Morgan fingerprint density at radius 2 is 2.31 bits per heavy atom. The van der Waals surface area contributed by atoms with Gasteiger partial charge in [-0.15, -0.1) is 0 Å². The maximum Gasteiger partial charge on any atom is 0.334 e. The van der Waals surface area contributed by atoms with Gasteiger partial charge < -0.3 is 9.84 Å². The second-order valence-electron chi connectivity index (χ2n) is 2.86. The van der Waals surface area contributed by atoms with Crippen LogP contribution < -0.4 is 0 Å². The molecule has 1 heterocycles. The second-order valence-corrected chi connectivity index (χ2v) is 2.86. The number of esters is 1. The fourth-order valence-corrected chi connectivity index (χ4v) is 1.20. The highest BCUT2D eigenvalue weighted by molar-refractivity contribution is 5.91. The average Bonchev–Trinajstić information content (AvgIpc) is 2.24. The van der Waals surface area contributed by atoms with Crippen LogP contribution >= 0.6 is 0 Å². The molecule has 0 spiro atoms. The standard InChI is InChI=1S/C9H10O4/c1-5-7(3-4-8(10)11)6(2)13-9(5)12/h3-4,6-7H,1H2,2H3,(H,10,11). The number of rotatable bonds is 2. The molecule has 0 aliphatic carbocycles. The molecule has 1 aliphatic rings. The highest BCUT2D eigenvalue weighted by atomic mass is 16.5. The molecule has 2 unspecified atom stereocenters. The summed E-state index contributed by atoms with van der Waals surface area (Å²) in [4.78, 5) is 21.1. The number of ether oxygens (including phenoxy) is 1. The summed E-state index contributed by atoms with van der Waals surface area (Å²) in [7, 11) is 0. The highest BCUT2D eigenvalue weighted by Gasteiger charge is 2.33. The van der Waals surface area contributed by atoms with E-state index in [1.807, 2.05) is 0 Å². The number of aliphatic carboxylic acids is 1. The molecule has 13 heavy (non-hydrogen) atoms. The van der Waals surface area contributed by atoms with E-state index in [9.17, 15) is 9.59 Å². The van der Waals surface area contributed by atoms with Gasteiger partial charge in [0.2, 0.25) is 0 Å². The summed E-state index contributed by atoms with van der Waals surface area (Å²) in [5.41, 5.74) is 0.310. The van der Waals surface area contributed by atoms with Crippen molar-refractivity contribution in [3.8, 4) is 0 Å². The molecule has 4 nitrogen and oxygen atoms in total. The average molecular weight is 182 g/mol. The van der Waals surface area contributed by atoms with Gasteiger partial charge >= 0.3 is 11.9 Å². The van der Waals surface area contributed by atoms with Gasteiger partial charge in [0.25, 0.3) is 0 Å². The van der Waals surface area contributed by atoms with Gasteiger partial charge in [0.05, 0.1) is 0 Å². The summed E-state index contributed by atoms with van der Waals surface area (Å²) < 4.78 is 4.84. The van der Waals surface area contributed by atoms with Gasteiger partial charge in [-0.25, -0.2) is 9.59 Å². The number of hydrogen-bond acceptors (Lipinski definition) is 3. The minimum Gasteiger partial charge on any atom is -0.478 e. The molecule has 0 amide bonds. The van der Waals surface area contributed by atoms with E-state index in [1.165, 1.54) is 6.08 Å². The molecular formula is C9H10O4. The van der Waals surface area contributed by atoms with Crippen LogP contribution in [0.1, 0.15) is 6.92 Å². The van der Waals surface area contributed by atoms with Gasteiger partial charge in [-0.05, 0) is 6.92 Å². The minimum atomic E-state index is -1.04. The number of carbonyl (C=O) groups excluding carboxylic acids is 1. The molecule has 1 saturated heterocycles. The lowest BCUT2D eigenvalue weighted by Gasteiger charge is -2.06. The smallest absolute Gasteiger partial charge is 0.334 e. The molecule has 0 aromatic rings. The first-order valence-electron chi connectivity index (χ1n) is 3.83. The quantitative estimate of drug-likeness (QED) is 0.505. The predicted octanol–water partition coefficient (Wildman–Crippen LogP) is 0.745. The van der Waals surface area contributed by atoms with Crippen LogP contribution in [0.2, 0.25) is 0 Å². The van der Waals surface area contributed by atoms with Gasteiger partial charge in [0.15, 0.2) is 0 Å². The SMILES string of the molecule is C=C1C(=O)OC(C)C1C=CC(=O)O. The van der Waals surface area contributed by atoms with Crippen molar-refractivity contribution in [2.45, 2.75) is 13.0 Å². The van der Waals surface area contributed by atoms with E-state index in [1.54, 1.807) is 6.92 Å². The number of carboxylic acids is 1. The first kappa shape index (κ1) is 9.51. The Kier molecular flexibility index (Phi) is 2.51. The van der Waals surface area contributed by atoms with Crippen LogP contribution in [-0.2, 0) is 14.3 Å². The van der Waals surface area contributed by atoms with Crippen LogP contribution in [0.3, 0.4) is 0 Å². The Bertz CT molecular complexity index is 290. The zero-order valence-electron chi connectivity index (χ0n) is 7.19. The van der Waals surface area contributed by atoms with Crippen molar-refractivity contribution < 1.29 is 19.4 Å². The third-order valence-electron chi connectivity index (χ3n) is 1.91. The van der Waals surface area contributed by atoms with Gasteiger partial charge in [-0.1, -0.05) is 12.7 Å². The molecular weight excluding hydrogens is 172 g/mol. The lowest BCUT2D eigenvalue weighted by Crippen LogP contribution is -2.09. The van der Waals surface area contributed by atoms with Gasteiger partial charge in [0.1, 0.15) is 6.10 Å². The zero-order valence-corrected chi connectivity index (χ0v) is 7.19. The fraction of sp³-hybridized carbons (Fsp3) is 0.333. The van der Waals surface area contributed by atoms with Crippen molar-refractivity contribution in [1.82, 2.24) is 0 Å². The molecule has 70 valence electrons. The van der Waals surface area contributed by atoms with Crippen LogP contribution in [0, 0.1) is 5.92 Å². The number of carbonyl (C=O) groups is 2. The Hall–Kier alpha value is -1.58.